The molecule has 11 heteroatoms. The normalized spacial score (nSPS) is 20.6. The van der Waals surface area contributed by atoms with Gasteiger partial charge in [0.25, 0.3) is 5.91 Å². The molecule has 0 spiro atoms. The van der Waals surface area contributed by atoms with Crippen LogP contribution in [0.4, 0.5) is 0 Å². The molecule has 1 aromatic heterocycles. The number of aromatic nitrogens is 2. The number of aliphatic carboxylic acids is 1. The minimum atomic E-state index is -0.904. The van der Waals surface area contributed by atoms with Gasteiger partial charge in [-0.25, -0.2) is 10.0 Å². The summed E-state index contributed by atoms with van der Waals surface area (Å²) in [5, 5.41) is 11.9. The van der Waals surface area contributed by atoms with Crippen molar-refractivity contribution in [1.29, 1.82) is 0 Å². The van der Waals surface area contributed by atoms with Gasteiger partial charge in [0.1, 0.15) is 5.82 Å². The third-order valence-corrected chi connectivity index (χ3v) is 7.22. The van der Waals surface area contributed by atoms with Crippen molar-refractivity contribution >= 4 is 11.9 Å². The zero-order valence-corrected chi connectivity index (χ0v) is 22.6. The average molecular weight is 531 g/mol. The molecular formula is C27H38N4O7. The number of carboxylic acids is 1. The van der Waals surface area contributed by atoms with E-state index in [1.54, 1.807) is 13.3 Å². The standard InChI is InChI=1S/C27H38N4O7/c1-5-10-31(38-12-6-2)24(32)16-30-15-19(18-13-21(35-4)26-22(14-18)36-17-37-26)25(27(33)34)20(30)7-8-23-28-9-11-29(23)3/h9,11,13-14,19-20,25H,5-8,10,12,15-17H2,1-4H3,(H,33,34)/t19-,20+,25?/m1/s1. The molecule has 38 heavy (non-hydrogen) atoms. The zero-order chi connectivity index (χ0) is 27.2. The fourth-order valence-corrected chi connectivity index (χ4v) is 5.39. The Hall–Kier alpha value is -3.31. The highest BCUT2D eigenvalue weighted by Crippen LogP contribution is 2.47. The van der Waals surface area contributed by atoms with Crippen LogP contribution in [-0.2, 0) is 27.9 Å². The molecule has 3 heterocycles. The number of methoxy groups -OCH3 is 1. The molecular weight excluding hydrogens is 492 g/mol. The van der Waals surface area contributed by atoms with E-state index >= 15 is 0 Å². The first-order valence-corrected chi connectivity index (χ1v) is 13.2. The number of amides is 1. The molecule has 1 fully saturated rings. The lowest BCUT2D eigenvalue weighted by Gasteiger charge is -2.29. The Morgan fingerprint density at radius 3 is 2.71 bits per heavy atom. The van der Waals surface area contributed by atoms with Gasteiger partial charge in [-0.3, -0.25) is 19.3 Å². The van der Waals surface area contributed by atoms with Crippen molar-refractivity contribution in [3.05, 3.63) is 35.9 Å². The van der Waals surface area contributed by atoms with Gasteiger partial charge in [-0.05, 0) is 37.0 Å². The number of aryl methyl sites for hydroxylation is 2. The van der Waals surface area contributed by atoms with Crippen LogP contribution in [0.1, 0.15) is 50.4 Å². The SMILES string of the molecule is CCCON(CCC)C(=O)CN1C[C@H](c2cc(OC)c3c(c2)OCO3)C(C(=O)O)[C@@H]1CCc1nccn1C. The van der Waals surface area contributed by atoms with E-state index in [9.17, 15) is 14.7 Å². The summed E-state index contributed by atoms with van der Waals surface area (Å²) >= 11 is 0. The molecule has 0 bridgehead atoms. The molecule has 0 radical (unpaired) electrons. The van der Waals surface area contributed by atoms with E-state index in [4.69, 9.17) is 19.0 Å². The van der Waals surface area contributed by atoms with Crippen molar-refractivity contribution in [2.24, 2.45) is 13.0 Å². The largest absolute Gasteiger partial charge is 0.493 e. The van der Waals surface area contributed by atoms with Gasteiger partial charge < -0.3 is 23.9 Å². The summed E-state index contributed by atoms with van der Waals surface area (Å²) in [6.07, 6.45) is 6.28. The number of rotatable bonds is 13. The van der Waals surface area contributed by atoms with Crippen LogP contribution in [0.2, 0.25) is 0 Å². The lowest BCUT2D eigenvalue weighted by atomic mass is 9.83. The number of carbonyl (C=O) groups is 2. The Morgan fingerprint density at radius 1 is 1.24 bits per heavy atom. The Kier molecular flexibility index (Phi) is 9.11. The predicted molar refractivity (Wildman–Crippen MR) is 138 cm³/mol. The first-order chi connectivity index (χ1) is 18.4. The Labute approximate surface area is 223 Å². The second-order valence-electron chi connectivity index (χ2n) is 9.75. The molecule has 2 aliphatic rings. The topological polar surface area (TPSA) is 116 Å². The molecule has 0 saturated carbocycles. The molecule has 1 amide bonds. The summed E-state index contributed by atoms with van der Waals surface area (Å²) in [5.74, 6) is 0.213. The molecule has 2 aromatic rings. The maximum absolute atomic E-state index is 13.3. The van der Waals surface area contributed by atoms with E-state index in [0.29, 0.717) is 49.8 Å². The van der Waals surface area contributed by atoms with Crippen LogP contribution in [0, 0.1) is 5.92 Å². The number of hydrogen-bond acceptors (Lipinski definition) is 8. The second-order valence-corrected chi connectivity index (χ2v) is 9.75. The highest BCUT2D eigenvalue weighted by atomic mass is 16.7. The quantitative estimate of drug-likeness (QED) is 0.390. The number of nitrogens with zero attached hydrogens (tertiary/aromatic N) is 4. The highest BCUT2D eigenvalue weighted by Gasteiger charge is 2.47. The van der Waals surface area contributed by atoms with Crippen molar-refractivity contribution < 1.29 is 33.7 Å². The van der Waals surface area contributed by atoms with Gasteiger partial charge in [0.15, 0.2) is 11.5 Å². The van der Waals surface area contributed by atoms with Crippen molar-refractivity contribution in [2.75, 3.05) is 40.1 Å². The van der Waals surface area contributed by atoms with Crippen molar-refractivity contribution in [3.8, 4) is 17.2 Å². The van der Waals surface area contributed by atoms with Gasteiger partial charge in [-0.15, -0.1) is 0 Å². The molecule has 1 aromatic carbocycles. The summed E-state index contributed by atoms with van der Waals surface area (Å²) in [5.41, 5.74) is 0.781. The summed E-state index contributed by atoms with van der Waals surface area (Å²) < 4.78 is 18.6. The fourth-order valence-electron chi connectivity index (χ4n) is 5.39. The van der Waals surface area contributed by atoms with E-state index < -0.39 is 11.9 Å². The van der Waals surface area contributed by atoms with Crippen LogP contribution >= 0.6 is 0 Å². The van der Waals surface area contributed by atoms with E-state index in [1.165, 1.54) is 5.06 Å². The second kappa shape index (κ2) is 12.5. The maximum atomic E-state index is 13.3. The van der Waals surface area contributed by atoms with E-state index in [1.807, 2.05) is 48.7 Å². The number of fused-ring (bicyclic) bond motifs is 1. The van der Waals surface area contributed by atoms with Gasteiger partial charge in [-0.1, -0.05) is 13.8 Å². The van der Waals surface area contributed by atoms with E-state index in [-0.39, 0.29) is 31.2 Å². The summed E-state index contributed by atoms with van der Waals surface area (Å²) in [4.78, 5) is 38.2. The van der Waals surface area contributed by atoms with E-state index in [0.717, 1.165) is 24.2 Å². The fraction of sp³-hybridized carbons (Fsp3) is 0.593. The average Bonchev–Trinajstić information content (AvgIpc) is 3.63. The van der Waals surface area contributed by atoms with Crippen molar-refractivity contribution in [1.82, 2.24) is 19.5 Å². The Balaban J connectivity index is 1.65. The number of ether oxygens (including phenoxy) is 3. The lowest BCUT2D eigenvalue weighted by Crippen LogP contribution is -2.44. The van der Waals surface area contributed by atoms with Crippen LogP contribution in [0.25, 0.3) is 0 Å². The third-order valence-electron chi connectivity index (χ3n) is 7.22. The number of likely N-dealkylation sites (tertiary alicyclic amines) is 1. The van der Waals surface area contributed by atoms with Crippen LogP contribution in [0.3, 0.4) is 0 Å². The minimum Gasteiger partial charge on any atom is -0.493 e. The monoisotopic (exact) mass is 530 g/mol. The van der Waals surface area contributed by atoms with Crippen molar-refractivity contribution in [3.63, 3.8) is 0 Å². The molecule has 2 aliphatic heterocycles. The summed E-state index contributed by atoms with van der Waals surface area (Å²) in [6, 6.07) is 3.27. The first-order valence-electron chi connectivity index (χ1n) is 13.2. The molecule has 1 N–H and O–H groups in total. The highest BCUT2D eigenvalue weighted by molar-refractivity contribution is 5.78. The molecule has 3 atom stereocenters. The van der Waals surface area contributed by atoms with Gasteiger partial charge in [0.05, 0.1) is 26.2 Å². The third kappa shape index (κ3) is 5.88. The predicted octanol–water partition coefficient (Wildman–Crippen LogP) is 2.84. The van der Waals surface area contributed by atoms with Crippen LogP contribution in [-0.4, -0.2) is 82.7 Å². The number of hydroxylamine groups is 2. The summed E-state index contributed by atoms with van der Waals surface area (Å²) in [6.45, 7) is 5.46. The van der Waals surface area contributed by atoms with E-state index in [2.05, 4.69) is 4.98 Å². The maximum Gasteiger partial charge on any atom is 0.308 e. The zero-order valence-electron chi connectivity index (χ0n) is 22.6. The van der Waals surface area contributed by atoms with Crippen LogP contribution < -0.4 is 14.2 Å². The van der Waals surface area contributed by atoms with Gasteiger partial charge in [0.2, 0.25) is 12.5 Å². The van der Waals surface area contributed by atoms with Gasteiger partial charge in [0, 0.05) is 50.9 Å². The molecule has 1 saturated heterocycles. The smallest absolute Gasteiger partial charge is 0.308 e. The summed E-state index contributed by atoms with van der Waals surface area (Å²) in [7, 11) is 3.46. The molecule has 208 valence electrons. The molecule has 4 rings (SSSR count). The number of imidazole rings is 1. The van der Waals surface area contributed by atoms with Crippen molar-refractivity contribution in [2.45, 2.75) is 51.5 Å². The molecule has 1 unspecified atom stereocenters. The molecule has 0 aliphatic carbocycles. The molecule has 11 nitrogen and oxygen atoms in total. The van der Waals surface area contributed by atoms with Gasteiger partial charge >= 0.3 is 5.97 Å². The Morgan fingerprint density at radius 2 is 2.05 bits per heavy atom. The van der Waals surface area contributed by atoms with Crippen LogP contribution in [0.15, 0.2) is 24.5 Å². The lowest BCUT2D eigenvalue weighted by molar-refractivity contribution is -0.188. The number of benzene rings is 1. The number of carbonyl (C=O) groups excluding carboxylic acids is 1. The number of carboxylic acid groups (broad SMARTS) is 1. The van der Waals surface area contributed by atoms with Crippen LogP contribution in [0.5, 0.6) is 17.2 Å². The number of hydrogen-bond donors (Lipinski definition) is 1. The van der Waals surface area contributed by atoms with Gasteiger partial charge in [-0.2, -0.15) is 0 Å². The first kappa shape index (κ1) is 27.7. The Bertz CT molecular complexity index is 1120. The minimum absolute atomic E-state index is 0.0664.